The Bertz CT molecular complexity index is 1330. The van der Waals surface area contributed by atoms with Crippen LogP contribution in [-0.2, 0) is 4.79 Å². The smallest absolute Gasteiger partial charge is 0.259 e. The van der Waals surface area contributed by atoms with Crippen molar-refractivity contribution in [2.24, 2.45) is 0 Å². The van der Waals surface area contributed by atoms with Crippen molar-refractivity contribution in [2.75, 3.05) is 44.4 Å². The third-order valence-corrected chi connectivity index (χ3v) is 5.66. The fourth-order valence-electron chi connectivity index (χ4n) is 3.33. The number of amides is 3. The first-order valence-corrected chi connectivity index (χ1v) is 12.5. The molecule has 0 fully saturated rings. The van der Waals surface area contributed by atoms with Gasteiger partial charge >= 0.3 is 0 Å². The first-order valence-electron chi connectivity index (χ1n) is 12.1. The number of nitrogens with one attached hydrogen (secondary N) is 4. The van der Waals surface area contributed by atoms with Crippen LogP contribution >= 0.6 is 11.6 Å². The minimum atomic E-state index is -0.555. The van der Waals surface area contributed by atoms with E-state index >= 15 is 0 Å². The molecule has 0 aliphatic rings. The fraction of sp³-hybridized carbons (Fsp3) is 0.222. The average Bonchev–Trinajstić information content (AvgIpc) is 2.93. The molecule has 1 heterocycles. The Kier molecular flexibility index (Phi) is 10.4. The summed E-state index contributed by atoms with van der Waals surface area (Å²) in [6, 6.07) is 14.2. The molecule has 0 bridgehead atoms. The molecule has 0 saturated heterocycles. The molecule has 0 aliphatic heterocycles. The number of carbonyl (C=O) groups excluding carboxylic acids is 3. The number of rotatable bonds is 11. The van der Waals surface area contributed by atoms with Gasteiger partial charge in [0.05, 0.1) is 22.8 Å². The van der Waals surface area contributed by atoms with Gasteiger partial charge in [-0.15, -0.1) is 0 Å². The number of ether oxygens (including phenoxy) is 1. The summed E-state index contributed by atoms with van der Waals surface area (Å²) in [6.45, 7) is 0.964. The summed E-state index contributed by atoms with van der Waals surface area (Å²) in [5.74, 6) is -0.473. The molecule has 0 aliphatic carbocycles. The third kappa shape index (κ3) is 8.52. The topological polar surface area (TPSA) is 164 Å². The van der Waals surface area contributed by atoms with Crippen molar-refractivity contribution in [3.05, 3.63) is 82.5 Å². The maximum Gasteiger partial charge on any atom is 0.259 e. The van der Waals surface area contributed by atoms with E-state index in [2.05, 4.69) is 26.7 Å². The van der Waals surface area contributed by atoms with Gasteiger partial charge in [-0.3, -0.25) is 19.8 Å². The first kappa shape index (κ1) is 29.1. The molecule has 12 heteroatoms. The molecule has 3 amide bonds. The molecule has 3 aromatic rings. The lowest BCUT2D eigenvalue weighted by atomic mass is 10.1. The van der Waals surface area contributed by atoms with Gasteiger partial charge in [-0.25, -0.2) is 4.98 Å². The summed E-state index contributed by atoms with van der Waals surface area (Å²) in [6.07, 6.45) is 2.15. The van der Waals surface area contributed by atoms with Crippen LogP contribution in [0.4, 0.5) is 11.5 Å². The number of quaternary nitrogens is 1. The quantitative estimate of drug-likeness (QED) is 0.139. The predicted molar refractivity (Wildman–Crippen MR) is 149 cm³/mol. The highest BCUT2D eigenvalue weighted by atomic mass is 35.5. The van der Waals surface area contributed by atoms with Crippen LogP contribution in [-0.4, -0.2) is 67.2 Å². The third-order valence-electron chi connectivity index (χ3n) is 5.44. The standard InChI is InChI=1S/C27H30ClN7O4/c1-35(2)25(30)17-4-6-18(7-5-17)26(37)33-22-10-9-20(39-16-24(36)31-13-3-12-29)14-21(22)27(38)34-23-11-8-19(28)15-32-23/h4-11,14-15,30H,3,12-13,16,29H2,1-2H3,(H,31,36)(H,33,37)(H,32,34,38)/p+1. The Hall–Kier alpha value is -4.48. The number of anilines is 2. The lowest BCUT2D eigenvalue weighted by Gasteiger charge is -2.15. The number of halogens is 1. The number of hydrogen-bond acceptors (Lipinski definition) is 6. The zero-order valence-electron chi connectivity index (χ0n) is 21.7. The molecule has 204 valence electrons. The van der Waals surface area contributed by atoms with E-state index in [9.17, 15) is 14.4 Å². The Labute approximate surface area is 231 Å². The normalized spacial score (nSPS) is 10.4. The molecule has 0 atom stereocenters. The Morgan fingerprint density at radius 1 is 1.00 bits per heavy atom. The summed E-state index contributed by atoms with van der Waals surface area (Å²) < 4.78 is 5.58. The van der Waals surface area contributed by atoms with Crippen LogP contribution < -0.4 is 26.4 Å². The van der Waals surface area contributed by atoms with Crippen LogP contribution in [0.2, 0.25) is 5.02 Å². The van der Waals surface area contributed by atoms with Crippen molar-refractivity contribution in [3.63, 3.8) is 0 Å². The molecule has 3 rings (SSSR count). The van der Waals surface area contributed by atoms with Crippen molar-refractivity contribution in [1.29, 1.82) is 5.41 Å². The number of benzene rings is 2. The van der Waals surface area contributed by atoms with Crippen LogP contribution in [0.25, 0.3) is 0 Å². The van der Waals surface area contributed by atoms with Crippen molar-refractivity contribution in [1.82, 2.24) is 15.2 Å². The van der Waals surface area contributed by atoms with Gasteiger partial charge in [0.2, 0.25) is 0 Å². The van der Waals surface area contributed by atoms with Crippen molar-refractivity contribution in [3.8, 4) is 5.75 Å². The number of pyridine rings is 1. The molecule has 7 N–H and O–H groups in total. The van der Waals surface area contributed by atoms with E-state index in [0.29, 0.717) is 35.1 Å². The highest BCUT2D eigenvalue weighted by molar-refractivity contribution is 6.30. The van der Waals surface area contributed by atoms with Crippen LogP contribution in [0.1, 0.15) is 32.7 Å². The van der Waals surface area contributed by atoms with Crippen molar-refractivity contribution < 1.29 is 24.9 Å². The minimum absolute atomic E-state index is 0.0982. The SMILES string of the molecule is CN(C)C(=N)c1ccc(C(=O)Nc2ccc(OCC(=O)NCCC[NH3+])cc2C(=O)Nc2ccc(Cl)cn2)cc1. The summed E-state index contributed by atoms with van der Waals surface area (Å²) in [4.78, 5) is 43.9. The van der Waals surface area contributed by atoms with E-state index in [1.54, 1.807) is 61.5 Å². The van der Waals surface area contributed by atoms with Gasteiger partial charge in [-0.2, -0.15) is 0 Å². The predicted octanol–water partition coefficient (Wildman–Crippen LogP) is 2.25. The van der Waals surface area contributed by atoms with Crippen LogP contribution in [0, 0.1) is 5.41 Å². The zero-order valence-corrected chi connectivity index (χ0v) is 22.5. The number of hydrogen-bond donors (Lipinski definition) is 5. The maximum atomic E-state index is 13.2. The molecule has 0 unspecified atom stereocenters. The van der Waals surface area contributed by atoms with Gasteiger partial charge in [-0.1, -0.05) is 23.7 Å². The van der Waals surface area contributed by atoms with Gasteiger partial charge < -0.3 is 31.3 Å². The summed E-state index contributed by atoms with van der Waals surface area (Å²) in [5.41, 5.74) is 5.05. The van der Waals surface area contributed by atoms with Gasteiger partial charge in [0.25, 0.3) is 17.7 Å². The fourth-order valence-corrected chi connectivity index (χ4v) is 3.44. The van der Waals surface area contributed by atoms with E-state index in [1.807, 2.05) is 0 Å². The van der Waals surface area contributed by atoms with Crippen LogP contribution in [0.5, 0.6) is 5.75 Å². The number of nitrogens with zero attached hydrogens (tertiary/aromatic N) is 2. The van der Waals surface area contributed by atoms with E-state index < -0.39 is 11.8 Å². The molecule has 2 aromatic carbocycles. The van der Waals surface area contributed by atoms with Crippen molar-refractivity contribution in [2.45, 2.75) is 6.42 Å². The minimum Gasteiger partial charge on any atom is -0.484 e. The van der Waals surface area contributed by atoms with E-state index in [-0.39, 0.29) is 35.3 Å². The molecular weight excluding hydrogens is 522 g/mol. The van der Waals surface area contributed by atoms with Crippen LogP contribution in [0.3, 0.4) is 0 Å². The van der Waals surface area contributed by atoms with E-state index in [4.69, 9.17) is 21.7 Å². The number of aromatic nitrogens is 1. The second kappa shape index (κ2) is 13.9. The monoisotopic (exact) mass is 552 g/mol. The first-order chi connectivity index (χ1) is 18.7. The maximum absolute atomic E-state index is 13.2. The zero-order chi connectivity index (χ0) is 28.4. The molecule has 0 saturated carbocycles. The summed E-state index contributed by atoms with van der Waals surface area (Å²) in [7, 11) is 3.53. The lowest BCUT2D eigenvalue weighted by Crippen LogP contribution is -2.51. The summed E-state index contributed by atoms with van der Waals surface area (Å²) in [5, 5.41) is 16.6. The van der Waals surface area contributed by atoms with E-state index in [1.165, 1.54) is 18.3 Å². The van der Waals surface area contributed by atoms with Gasteiger partial charge in [0, 0.05) is 44.4 Å². The van der Waals surface area contributed by atoms with Crippen LogP contribution in [0.15, 0.2) is 60.8 Å². The Morgan fingerprint density at radius 2 is 1.72 bits per heavy atom. The highest BCUT2D eigenvalue weighted by Crippen LogP contribution is 2.24. The average molecular weight is 553 g/mol. The van der Waals surface area contributed by atoms with Crippen molar-refractivity contribution >= 4 is 46.7 Å². The Morgan fingerprint density at radius 3 is 2.36 bits per heavy atom. The number of carbonyl (C=O) groups is 3. The summed E-state index contributed by atoms with van der Waals surface area (Å²) >= 11 is 5.88. The molecular formula is C27H31ClN7O4+. The van der Waals surface area contributed by atoms with Gasteiger partial charge in [-0.05, 0) is 42.5 Å². The molecule has 0 spiro atoms. The second-order valence-electron chi connectivity index (χ2n) is 8.64. The molecule has 1 aromatic heterocycles. The second-order valence-corrected chi connectivity index (χ2v) is 9.08. The number of amidine groups is 1. The Balaban J connectivity index is 1.81. The molecule has 11 nitrogen and oxygen atoms in total. The lowest BCUT2D eigenvalue weighted by molar-refractivity contribution is -0.367. The van der Waals surface area contributed by atoms with Gasteiger partial charge in [0.15, 0.2) is 6.61 Å². The van der Waals surface area contributed by atoms with Gasteiger partial charge in [0.1, 0.15) is 17.4 Å². The van der Waals surface area contributed by atoms with E-state index in [0.717, 1.165) is 6.42 Å². The largest absolute Gasteiger partial charge is 0.484 e. The molecule has 0 radical (unpaired) electrons. The highest BCUT2D eigenvalue weighted by Gasteiger charge is 2.18. The molecule has 39 heavy (non-hydrogen) atoms.